The third-order valence-electron chi connectivity index (χ3n) is 3.47. The summed E-state index contributed by atoms with van der Waals surface area (Å²) in [6.07, 6.45) is 1.17. The van der Waals surface area contributed by atoms with Gasteiger partial charge in [0.15, 0.2) is 0 Å². The van der Waals surface area contributed by atoms with Gasteiger partial charge in [0.25, 0.3) is 0 Å². The van der Waals surface area contributed by atoms with Crippen LogP contribution in [0.15, 0.2) is 18.2 Å². The Labute approximate surface area is 124 Å². The quantitative estimate of drug-likeness (QED) is 0.683. The number of nitrogen functional groups attached to an aromatic ring is 1. The van der Waals surface area contributed by atoms with Crippen LogP contribution < -0.4 is 10.6 Å². The molecular weight excluding hydrogens is 272 g/mol. The average molecular weight is 294 g/mol. The van der Waals surface area contributed by atoms with Gasteiger partial charge >= 0.3 is 5.97 Å². The van der Waals surface area contributed by atoms with Gasteiger partial charge in [-0.3, -0.25) is 0 Å². The van der Waals surface area contributed by atoms with Crippen molar-refractivity contribution in [3.63, 3.8) is 0 Å². The minimum Gasteiger partial charge on any atom is -0.462 e. The largest absolute Gasteiger partial charge is 0.462 e. The fourth-order valence-corrected chi connectivity index (χ4v) is 3.55. The molecular formula is C15H22N2O2S. The first-order valence-electron chi connectivity index (χ1n) is 7.08. The van der Waals surface area contributed by atoms with Crippen LogP contribution in [-0.2, 0) is 4.74 Å². The highest BCUT2D eigenvalue weighted by Gasteiger charge is 2.21. The SMILES string of the molecule is CCOC(=O)c1ccc(N2CCSC(CC)C2)c(N)c1. The van der Waals surface area contributed by atoms with E-state index >= 15 is 0 Å². The molecule has 110 valence electrons. The monoisotopic (exact) mass is 294 g/mol. The van der Waals surface area contributed by atoms with Crippen molar-refractivity contribution in [2.45, 2.75) is 25.5 Å². The van der Waals surface area contributed by atoms with Gasteiger partial charge < -0.3 is 15.4 Å². The number of hydrogen-bond donors (Lipinski definition) is 1. The number of ether oxygens (including phenoxy) is 1. The summed E-state index contributed by atoms with van der Waals surface area (Å²) in [5.41, 5.74) is 8.31. The van der Waals surface area contributed by atoms with E-state index in [4.69, 9.17) is 10.5 Å². The summed E-state index contributed by atoms with van der Waals surface area (Å²) in [5, 5.41) is 0.660. The van der Waals surface area contributed by atoms with E-state index in [2.05, 4.69) is 11.8 Å². The number of anilines is 2. The normalized spacial score (nSPS) is 18.9. The molecule has 1 aliphatic rings. The molecule has 5 heteroatoms. The van der Waals surface area contributed by atoms with Gasteiger partial charge in [-0.15, -0.1) is 0 Å². The van der Waals surface area contributed by atoms with Gasteiger partial charge in [-0.25, -0.2) is 4.79 Å². The molecule has 2 N–H and O–H groups in total. The van der Waals surface area contributed by atoms with Crippen molar-refractivity contribution in [3.8, 4) is 0 Å². The Balaban J connectivity index is 2.15. The molecule has 1 unspecified atom stereocenters. The Hall–Kier alpha value is -1.36. The van der Waals surface area contributed by atoms with E-state index in [0.717, 1.165) is 24.5 Å². The van der Waals surface area contributed by atoms with E-state index in [9.17, 15) is 4.79 Å². The summed E-state index contributed by atoms with van der Waals surface area (Å²) in [6, 6.07) is 5.45. The maximum Gasteiger partial charge on any atom is 0.338 e. The Morgan fingerprint density at radius 1 is 1.50 bits per heavy atom. The number of nitrogens with zero attached hydrogens (tertiary/aromatic N) is 1. The number of rotatable bonds is 4. The van der Waals surface area contributed by atoms with E-state index in [1.54, 1.807) is 19.1 Å². The third-order valence-corrected chi connectivity index (χ3v) is 4.85. The van der Waals surface area contributed by atoms with Crippen molar-refractivity contribution in [2.75, 3.05) is 36.1 Å². The summed E-state index contributed by atoms with van der Waals surface area (Å²) in [4.78, 5) is 14.0. The second-order valence-electron chi connectivity index (χ2n) is 4.84. The lowest BCUT2D eigenvalue weighted by Crippen LogP contribution is -2.38. The van der Waals surface area contributed by atoms with Crippen LogP contribution >= 0.6 is 11.8 Å². The number of carbonyl (C=O) groups is 1. The zero-order valence-electron chi connectivity index (χ0n) is 12.1. The summed E-state index contributed by atoms with van der Waals surface area (Å²) < 4.78 is 4.99. The van der Waals surface area contributed by atoms with Gasteiger partial charge in [0.1, 0.15) is 0 Å². The summed E-state index contributed by atoms with van der Waals surface area (Å²) in [7, 11) is 0. The number of carbonyl (C=O) groups excluding carboxylic acids is 1. The molecule has 4 nitrogen and oxygen atoms in total. The standard InChI is InChI=1S/C15H22N2O2S/c1-3-12-10-17(7-8-20-12)14-6-5-11(9-13(14)16)15(18)19-4-2/h5-6,9,12H,3-4,7-8,10,16H2,1-2H3. The van der Waals surface area contributed by atoms with Crippen LogP contribution in [-0.4, -0.2) is 36.7 Å². The molecule has 2 rings (SSSR count). The van der Waals surface area contributed by atoms with Crippen LogP contribution in [0.25, 0.3) is 0 Å². The molecule has 1 aliphatic heterocycles. The maximum absolute atomic E-state index is 11.7. The molecule has 1 fully saturated rings. The highest BCUT2D eigenvalue weighted by molar-refractivity contribution is 8.00. The van der Waals surface area contributed by atoms with Crippen LogP contribution in [0.4, 0.5) is 11.4 Å². The molecule has 1 saturated heterocycles. The molecule has 1 aromatic carbocycles. The van der Waals surface area contributed by atoms with Crippen LogP contribution in [0.3, 0.4) is 0 Å². The molecule has 0 amide bonds. The minimum absolute atomic E-state index is 0.314. The molecule has 0 aromatic heterocycles. The number of esters is 1. The highest BCUT2D eigenvalue weighted by atomic mass is 32.2. The Kier molecular flexibility index (Phi) is 5.17. The summed E-state index contributed by atoms with van der Waals surface area (Å²) >= 11 is 2.03. The van der Waals surface area contributed by atoms with E-state index < -0.39 is 0 Å². The maximum atomic E-state index is 11.7. The van der Waals surface area contributed by atoms with E-state index in [0.29, 0.717) is 23.1 Å². The molecule has 0 radical (unpaired) electrons. The molecule has 0 spiro atoms. The van der Waals surface area contributed by atoms with Gasteiger partial charge in [0, 0.05) is 24.1 Å². The second-order valence-corrected chi connectivity index (χ2v) is 6.25. The first-order chi connectivity index (χ1) is 9.65. The topological polar surface area (TPSA) is 55.6 Å². The lowest BCUT2D eigenvalue weighted by atomic mass is 10.1. The fourth-order valence-electron chi connectivity index (χ4n) is 2.37. The van der Waals surface area contributed by atoms with Gasteiger partial charge in [0.05, 0.1) is 23.5 Å². The van der Waals surface area contributed by atoms with E-state index in [-0.39, 0.29) is 5.97 Å². The van der Waals surface area contributed by atoms with Crippen LogP contribution in [0.1, 0.15) is 30.6 Å². The Bertz CT molecular complexity index is 479. The predicted molar refractivity (Wildman–Crippen MR) is 85.6 cm³/mol. The van der Waals surface area contributed by atoms with E-state index in [1.807, 2.05) is 17.8 Å². The molecule has 0 saturated carbocycles. The summed E-state index contributed by atoms with van der Waals surface area (Å²) in [5.74, 6) is 0.809. The van der Waals surface area contributed by atoms with Crippen molar-refractivity contribution in [3.05, 3.63) is 23.8 Å². The zero-order chi connectivity index (χ0) is 14.5. The number of thioether (sulfide) groups is 1. The van der Waals surface area contributed by atoms with Crippen molar-refractivity contribution >= 4 is 29.1 Å². The van der Waals surface area contributed by atoms with Gasteiger partial charge in [-0.1, -0.05) is 6.92 Å². The molecule has 0 bridgehead atoms. The third kappa shape index (κ3) is 3.39. The van der Waals surface area contributed by atoms with Crippen LogP contribution in [0.5, 0.6) is 0 Å². The Morgan fingerprint density at radius 3 is 2.95 bits per heavy atom. The molecule has 0 aliphatic carbocycles. The van der Waals surface area contributed by atoms with Crippen molar-refractivity contribution < 1.29 is 9.53 Å². The smallest absolute Gasteiger partial charge is 0.338 e. The van der Waals surface area contributed by atoms with Crippen molar-refractivity contribution in [1.29, 1.82) is 0 Å². The average Bonchev–Trinajstić information content (AvgIpc) is 2.47. The first-order valence-corrected chi connectivity index (χ1v) is 8.13. The number of benzene rings is 1. The van der Waals surface area contributed by atoms with Crippen molar-refractivity contribution in [1.82, 2.24) is 0 Å². The minimum atomic E-state index is -0.314. The number of nitrogens with two attached hydrogens (primary N) is 1. The van der Waals surface area contributed by atoms with Crippen LogP contribution in [0, 0.1) is 0 Å². The van der Waals surface area contributed by atoms with E-state index in [1.165, 1.54) is 6.42 Å². The van der Waals surface area contributed by atoms with Gasteiger partial charge in [-0.05, 0) is 31.5 Å². The predicted octanol–water partition coefficient (Wildman–Crippen LogP) is 2.78. The zero-order valence-corrected chi connectivity index (χ0v) is 12.9. The Morgan fingerprint density at radius 2 is 2.30 bits per heavy atom. The number of hydrogen-bond acceptors (Lipinski definition) is 5. The lowest BCUT2D eigenvalue weighted by molar-refractivity contribution is 0.0526. The second kappa shape index (κ2) is 6.88. The first kappa shape index (κ1) is 15.0. The fraction of sp³-hybridized carbons (Fsp3) is 0.533. The molecule has 1 atom stereocenters. The molecule has 1 heterocycles. The summed E-state index contributed by atoms with van der Waals surface area (Å²) in [6.45, 7) is 6.41. The van der Waals surface area contributed by atoms with Crippen molar-refractivity contribution in [2.24, 2.45) is 0 Å². The van der Waals surface area contributed by atoms with Gasteiger partial charge in [0.2, 0.25) is 0 Å². The lowest BCUT2D eigenvalue weighted by Gasteiger charge is -2.34. The van der Waals surface area contributed by atoms with Crippen LogP contribution in [0.2, 0.25) is 0 Å². The van der Waals surface area contributed by atoms with Gasteiger partial charge in [-0.2, -0.15) is 11.8 Å². The molecule has 1 aromatic rings. The highest BCUT2D eigenvalue weighted by Crippen LogP contribution is 2.30. The molecule has 20 heavy (non-hydrogen) atoms.